The Morgan fingerprint density at radius 2 is 2.24 bits per heavy atom. The number of morpholine rings is 1. The van der Waals surface area contributed by atoms with E-state index >= 15 is 0 Å². The Bertz CT molecular complexity index is 441. The van der Waals surface area contributed by atoms with Crippen LogP contribution in [0.1, 0.15) is 51.7 Å². The van der Waals surface area contributed by atoms with Crippen LogP contribution in [-0.4, -0.2) is 40.7 Å². The van der Waals surface area contributed by atoms with Crippen LogP contribution in [0, 0.1) is 0 Å². The molecule has 1 aromatic heterocycles. The van der Waals surface area contributed by atoms with Crippen LogP contribution >= 0.6 is 11.3 Å². The molecule has 2 unspecified atom stereocenters. The Morgan fingerprint density at radius 3 is 2.90 bits per heavy atom. The van der Waals surface area contributed by atoms with Crippen LogP contribution in [0.4, 0.5) is 0 Å². The van der Waals surface area contributed by atoms with Gasteiger partial charge in [-0.1, -0.05) is 6.92 Å². The minimum absolute atomic E-state index is 0.138. The second kappa shape index (κ2) is 7.18. The molecule has 2 rings (SSSR count). The van der Waals surface area contributed by atoms with Crippen LogP contribution in [0.3, 0.4) is 0 Å². The zero-order valence-electron chi connectivity index (χ0n) is 14.0. The van der Waals surface area contributed by atoms with Gasteiger partial charge in [0, 0.05) is 36.6 Å². The summed E-state index contributed by atoms with van der Waals surface area (Å²) < 4.78 is 5.76. The fourth-order valence-corrected chi connectivity index (χ4v) is 3.26. The van der Waals surface area contributed by atoms with Crippen molar-refractivity contribution in [3.05, 3.63) is 16.1 Å². The van der Waals surface area contributed by atoms with Gasteiger partial charge in [-0.05, 0) is 34.1 Å². The smallest absolute Gasteiger partial charge is 0.107 e. The Kier molecular flexibility index (Phi) is 5.77. The lowest BCUT2D eigenvalue weighted by atomic mass is 10.1. The van der Waals surface area contributed by atoms with Crippen molar-refractivity contribution < 1.29 is 4.74 Å². The van der Waals surface area contributed by atoms with E-state index < -0.39 is 0 Å². The van der Waals surface area contributed by atoms with Crippen molar-refractivity contribution in [2.75, 3.05) is 13.2 Å². The molecular formula is C16H29N3OS. The largest absolute Gasteiger partial charge is 0.376 e. The Morgan fingerprint density at radius 1 is 1.48 bits per heavy atom. The molecule has 21 heavy (non-hydrogen) atoms. The van der Waals surface area contributed by atoms with Gasteiger partial charge in [0.15, 0.2) is 0 Å². The van der Waals surface area contributed by atoms with E-state index in [2.05, 4.69) is 50.2 Å². The highest BCUT2D eigenvalue weighted by atomic mass is 32.1. The van der Waals surface area contributed by atoms with Gasteiger partial charge in [0.2, 0.25) is 0 Å². The molecule has 0 aromatic carbocycles. The number of nitrogens with one attached hydrogen (secondary N) is 1. The lowest BCUT2D eigenvalue weighted by molar-refractivity contribution is -0.0595. The molecule has 1 aliphatic rings. The summed E-state index contributed by atoms with van der Waals surface area (Å²) in [6.07, 6.45) is 1.46. The Hall–Kier alpha value is -0.490. The topological polar surface area (TPSA) is 37.4 Å². The molecule has 1 N–H and O–H groups in total. The molecule has 0 amide bonds. The molecule has 0 spiro atoms. The van der Waals surface area contributed by atoms with E-state index in [1.54, 1.807) is 11.3 Å². The number of aromatic nitrogens is 1. The first-order chi connectivity index (χ1) is 9.87. The first-order valence-electron chi connectivity index (χ1n) is 7.91. The number of nitrogens with zero attached hydrogens (tertiary/aromatic N) is 2. The number of ether oxygens (including phenoxy) is 1. The van der Waals surface area contributed by atoms with Crippen LogP contribution in [0.5, 0.6) is 0 Å². The summed E-state index contributed by atoms with van der Waals surface area (Å²) in [5.41, 5.74) is 1.33. The second-order valence-electron chi connectivity index (χ2n) is 6.97. The maximum absolute atomic E-state index is 5.76. The molecule has 0 radical (unpaired) electrons. The van der Waals surface area contributed by atoms with Crippen LogP contribution in [0.15, 0.2) is 5.38 Å². The Labute approximate surface area is 132 Å². The molecule has 1 aliphatic heterocycles. The number of rotatable bonds is 5. The maximum atomic E-state index is 5.76. The van der Waals surface area contributed by atoms with E-state index in [1.165, 1.54) is 10.7 Å². The van der Waals surface area contributed by atoms with Crippen LogP contribution < -0.4 is 5.32 Å². The predicted molar refractivity (Wildman–Crippen MR) is 88.6 cm³/mol. The van der Waals surface area contributed by atoms with Crippen molar-refractivity contribution in [1.29, 1.82) is 0 Å². The van der Waals surface area contributed by atoms with Crippen LogP contribution in [0.2, 0.25) is 0 Å². The summed E-state index contributed by atoms with van der Waals surface area (Å²) in [7, 11) is 0. The van der Waals surface area contributed by atoms with Gasteiger partial charge in [-0.3, -0.25) is 4.90 Å². The van der Waals surface area contributed by atoms with Gasteiger partial charge < -0.3 is 10.1 Å². The van der Waals surface area contributed by atoms with Crippen molar-refractivity contribution in [2.24, 2.45) is 0 Å². The summed E-state index contributed by atoms with van der Waals surface area (Å²) >= 11 is 1.76. The summed E-state index contributed by atoms with van der Waals surface area (Å²) in [4.78, 5) is 7.29. The van der Waals surface area contributed by atoms with E-state index in [1.807, 2.05) is 0 Å². The molecule has 0 aliphatic carbocycles. The normalized spacial score (nSPS) is 24.4. The zero-order valence-corrected chi connectivity index (χ0v) is 14.8. The maximum Gasteiger partial charge on any atom is 0.107 e. The monoisotopic (exact) mass is 311 g/mol. The second-order valence-corrected chi connectivity index (χ2v) is 7.91. The quantitative estimate of drug-likeness (QED) is 0.907. The molecule has 0 bridgehead atoms. The summed E-state index contributed by atoms with van der Waals surface area (Å²) in [6.45, 7) is 14.6. The van der Waals surface area contributed by atoms with Gasteiger partial charge in [-0.2, -0.15) is 0 Å². The molecule has 0 saturated carbocycles. The fourth-order valence-electron chi connectivity index (χ4n) is 2.53. The van der Waals surface area contributed by atoms with E-state index in [9.17, 15) is 0 Å². The Balaban J connectivity index is 1.91. The highest BCUT2D eigenvalue weighted by Gasteiger charge is 2.26. The number of hydrogen-bond acceptors (Lipinski definition) is 5. The van der Waals surface area contributed by atoms with E-state index in [0.29, 0.717) is 12.1 Å². The van der Waals surface area contributed by atoms with Crippen molar-refractivity contribution in [3.63, 3.8) is 0 Å². The average Bonchev–Trinajstić information content (AvgIpc) is 2.84. The minimum Gasteiger partial charge on any atom is -0.376 e. The van der Waals surface area contributed by atoms with Gasteiger partial charge in [-0.25, -0.2) is 4.98 Å². The molecule has 120 valence electrons. The zero-order chi connectivity index (χ0) is 15.5. The highest BCUT2D eigenvalue weighted by Crippen LogP contribution is 2.19. The third-order valence-electron chi connectivity index (χ3n) is 3.79. The third kappa shape index (κ3) is 5.33. The van der Waals surface area contributed by atoms with Crippen LogP contribution in [-0.2, 0) is 17.8 Å². The standard InChI is InChI=1S/C16H29N3OS/c1-6-14-10-20-12(2)8-19(14)9-13-11-21-15(18-13)7-17-16(3,4)5/h11-12,14,17H,6-10H2,1-5H3. The van der Waals surface area contributed by atoms with Crippen LogP contribution in [0.25, 0.3) is 0 Å². The van der Waals surface area contributed by atoms with Gasteiger partial charge in [0.25, 0.3) is 0 Å². The van der Waals surface area contributed by atoms with Gasteiger partial charge >= 0.3 is 0 Å². The van der Waals surface area contributed by atoms with Crippen molar-refractivity contribution >= 4 is 11.3 Å². The molecule has 2 heterocycles. The van der Waals surface area contributed by atoms with Crippen molar-refractivity contribution in [3.8, 4) is 0 Å². The van der Waals surface area contributed by atoms with Crippen molar-refractivity contribution in [2.45, 2.75) is 71.8 Å². The molecule has 5 heteroatoms. The molecule has 4 nitrogen and oxygen atoms in total. The minimum atomic E-state index is 0.138. The van der Waals surface area contributed by atoms with E-state index in [0.717, 1.165) is 32.7 Å². The predicted octanol–water partition coefficient (Wildman–Crippen LogP) is 3.03. The average molecular weight is 311 g/mol. The lowest BCUT2D eigenvalue weighted by Gasteiger charge is -2.37. The molecule has 1 saturated heterocycles. The first kappa shape index (κ1) is 16.9. The molecular weight excluding hydrogens is 282 g/mol. The molecule has 2 atom stereocenters. The van der Waals surface area contributed by atoms with Gasteiger partial charge in [0.1, 0.15) is 5.01 Å². The van der Waals surface area contributed by atoms with E-state index in [-0.39, 0.29) is 5.54 Å². The molecule has 1 fully saturated rings. The summed E-state index contributed by atoms with van der Waals surface area (Å²) in [5.74, 6) is 0. The summed E-state index contributed by atoms with van der Waals surface area (Å²) in [5, 5.41) is 6.87. The lowest BCUT2D eigenvalue weighted by Crippen LogP contribution is -2.47. The van der Waals surface area contributed by atoms with Gasteiger partial charge in [-0.15, -0.1) is 11.3 Å². The first-order valence-corrected chi connectivity index (χ1v) is 8.79. The SMILES string of the molecule is CCC1COC(C)CN1Cc1csc(CNC(C)(C)C)n1. The van der Waals surface area contributed by atoms with Crippen molar-refractivity contribution in [1.82, 2.24) is 15.2 Å². The number of hydrogen-bond donors (Lipinski definition) is 1. The summed E-state index contributed by atoms with van der Waals surface area (Å²) in [6, 6.07) is 0.527. The fraction of sp³-hybridized carbons (Fsp3) is 0.812. The highest BCUT2D eigenvalue weighted by molar-refractivity contribution is 7.09. The van der Waals surface area contributed by atoms with E-state index in [4.69, 9.17) is 9.72 Å². The number of thiazole rings is 1. The third-order valence-corrected chi connectivity index (χ3v) is 4.68. The van der Waals surface area contributed by atoms with Gasteiger partial charge in [0.05, 0.1) is 18.4 Å². The molecule has 1 aromatic rings.